The summed E-state index contributed by atoms with van der Waals surface area (Å²) in [6.45, 7) is 1.43. The average Bonchev–Trinajstić information content (AvgIpc) is 2.47. The second-order valence-electron chi connectivity index (χ2n) is 4.66. The van der Waals surface area contributed by atoms with Crippen molar-refractivity contribution < 1.29 is 13.5 Å². The predicted octanol–water partition coefficient (Wildman–Crippen LogP) is 2.87. The van der Waals surface area contributed by atoms with Gasteiger partial charge in [0.05, 0.1) is 11.5 Å². The summed E-state index contributed by atoms with van der Waals surface area (Å²) in [5, 5.41) is 9.85. The van der Waals surface area contributed by atoms with Crippen LogP contribution >= 0.6 is 11.6 Å². The summed E-state index contributed by atoms with van der Waals surface area (Å²) in [4.78, 5) is 0.0910. The molecule has 0 aliphatic carbocycles. The van der Waals surface area contributed by atoms with E-state index in [1.54, 1.807) is 49.4 Å². The van der Waals surface area contributed by atoms with E-state index in [4.69, 9.17) is 11.6 Å². The van der Waals surface area contributed by atoms with Crippen molar-refractivity contribution in [3.63, 3.8) is 0 Å². The smallest absolute Gasteiger partial charge is 0.241 e. The van der Waals surface area contributed by atoms with Crippen LogP contribution in [0.5, 0.6) is 0 Å². The van der Waals surface area contributed by atoms with E-state index in [1.807, 2.05) is 0 Å². The molecule has 0 saturated carbocycles. The summed E-state index contributed by atoms with van der Waals surface area (Å²) in [7, 11) is -3.70. The lowest BCUT2D eigenvalue weighted by Crippen LogP contribution is -2.27. The zero-order valence-corrected chi connectivity index (χ0v) is 13.0. The lowest BCUT2D eigenvalue weighted by Gasteiger charge is -2.16. The molecule has 21 heavy (non-hydrogen) atoms. The third-order valence-electron chi connectivity index (χ3n) is 3.13. The summed E-state index contributed by atoms with van der Waals surface area (Å²) < 4.78 is 27.4. The fourth-order valence-corrected chi connectivity index (χ4v) is 3.60. The Labute approximate surface area is 129 Å². The molecule has 2 aromatic carbocycles. The molecule has 0 amide bonds. The maximum atomic E-state index is 12.4. The molecule has 2 N–H and O–H groups in total. The van der Waals surface area contributed by atoms with Gasteiger partial charge < -0.3 is 5.11 Å². The molecule has 0 spiro atoms. The molecular formula is C15H16ClNO3S. The van der Waals surface area contributed by atoms with E-state index < -0.39 is 16.1 Å². The van der Waals surface area contributed by atoms with Gasteiger partial charge in [0, 0.05) is 11.1 Å². The van der Waals surface area contributed by atoms with Crippen LogP contribution in [0.4, 0.5) is 0 Å². The van der Waals surface area contributed by atoms with Crippen LogP contribution in [0.2, 0.25) is 5.02 Å². The number of hydrogen-bond acceptors (Lipinski definition) is 3. The van der Waals surface area contributed by atoms with E-state index >= 15 is 0 Å². The van der Waals surface area contributed by atoms with E-state index in [0.717, 1.165) is 5.56 Å². The van der Waals surface area contributed by atoms with E-state index in [2.05, 4.69) is 4.72 Å². The Morgan fingerprint density at radius 2 is 1.76 bits per heavy atom. The monoisotopic (exact) mass is 325 g/mol. The van der Waals surface area contributed by atoms with Crippen LogP contribution in [-0.4, -0.2) is 13.5 Å². The van der Waals surface area contributed by atoms with Gasteiger partial charge in [-0.2, -0.15) is 0 Å². The highest BCUT2D eigenvalue weighted by Crippen LogP contribution is 2.21. The predicted molar refractivity (Wildman–Crippen MR) is 82.6 cm³/mol. The number of aliphatic hydroxyl groups excluding tert-OH is 1. The summed E-state index contributed by atoms with van der Waals surface area (Å²) in [5.41, 5.74) is 1.18. The molecule has 2 aromatic rings. The van der Waals surface area contributed by atoms with Gasteiger partial charge in [-0.15, -0.1) is 0 Å². The van der Waals surface area contributed by atoms with Crippen LogP contribution in [0.1, 0.15) is 24.1 Å². The Balaban J connectivity index is 2.26. The molecule has 0 fully saturated rings. The van der Waals surface area contributed by atoms with E-state index in [0.29, 0.717) is 10.6 Å². The first kappa shape index (κ1) is 16.0. The van der Waals surface area contributed by atoms with Gasteiger partial charge in [0.2, 0.25) is 10.0 Å². The van der Waals surface area contributed by atoms with Gasteiger partial charge in [-0.25, -0.2) is 13.1 Å². The van der Waals surface area contributed by atoms with Crippen LogP contribution in [0.15, 0.2) is 53.4 Å². The van der Waals surface area contributed by atoms with Gasteiger partial charge in [0.25, 0.3) is 0 Å². The molecule has 0 radical (unpaired) electrons. The molecule has 4 nitrogen and oxygen atoms in total. The van der Waals surface area contributed by atoms with Gasteiger partial charge in [-0.1, -0.05) is 41.9 Å². The molecule has 0 aliphatic rings. The van der Waals surface area contributed by atoms with Gasteiger partial charge in [0.1, 0.15) is 0 Å². The minimum absolute atomic E-state index is 0.0910. The quantitative estimate of drug-likeness (QED) is 0.888. The first-order valence-corrected chi connectivity index (χ1v) is 8.26. The zero-order valence-electron chi connectivity index (χ0n) is 11.5. The molecule has 2 rings (SSSR count). The Hall–Kier alpha value is -1.40. The van der Waals surface area contributed by atoms with Crippen molar-refractivity contribution >= 4 is 21.6 Å². The van der Waals surface area contributed by atoms with Crippen molar-refractivity contribution in [2.45, 2.75) is 24.5 Å². The maximum Gasteiger partial charge on any atom is 0.241 e. The van der Waals surface area contributed by atoms with Crippen molar-refractivity contribution in [1.82, 2.24) is 4.72 Å². The van der Waals surface area contributed by atoms with E-state index in [-0.39, 0.29) is 11.5 Å². The fraction of sp³-hybridized carbons (Fsp3) is 0.200. The lowest BCUT2D eigenvalue weighted by molar-refractivity contribution is 0.278. The number of rotatable bonds is 5. The van der Waals surface area contributed by atoms with E-state index in [1.165, 1.54) is 6.07 Å². The van der Waals surface area contributed by atoms with Crippen LogP contribution in [0, 0.1) is 0 Å². The highest BCUT2D eigenvalue weighted by atomic mass is 35.5. The van der Waals surface area contributed by atoms with Gasteiger partial charge in [-0.05, 0) is 36.2 Å². The topological polar surface area (TPSA) is 66.4 Å². The van der Waals surface area contributed by atoms with Crippen LogP contribution in [0.25, 0.3) is 0 Å². The van der Waals surface area contributed by atoms with E-state index in [9.17, 15) is 13.5 Å². The summed E-state index contributed by atoms with van der Waals surface area (Å²) in [6, 6.07) is 12.9. The molecule has 0 aliphatic heterocycles. The Kier molecular flexibility index (Phi) is 5.00. The second-order valence-corrected chi connectivity index (χ2v) is 6.78. The minimum atomic E-state index is -3.70. The third-order valence-corrected chi connectivity index (χ3v) is 5.03. The molecule has 0 bridgehead atoms. The Bertz CT molecular complexity index is 714. The number of nitrogens with one attached hydrogen (secondary N) is 1. The number of aliphatic hydroxyl groups is 1. The largest absolute Gasteiger partial charge is 0.392 e. The van der Waals surface area contributed by atoms with Crippen LogP contribution in [0.3, 0.4) is 0 Å². The van der Waals surface area contributed by atoms with Gasteiger partial charge in [-0.3, -0.25) is 0 Å². The second kappa shape index (κ2) is 6.58. The Morgan fingerprint density at radius 3 is 2.38 bits per heavy atom. The molecule has 0 heterocycles. The number of hydrogen-bond donors (Lipinski definition) is 2. The standard InChI is InChI=1S/C15H16ClNO3S/c1-11(12-6-8-14(16)9-7-12)17-21(19,20)15-5-3-2-4-13(15)10-18/h2-9,11,17-18H,10H2,1H3. The maximum absolute atomic E-state index is 12.4. The molecule has 1 atom stereocenters. The highest BCUT2D eigenvalue weighted by molar-refractivity contribution is 7.89. The highest BCUT2D eigenvalue weighted by Gasteiger charge is 2.20. The molecular weight excluding hydrogens is 310 g/mol. The Morgan fingerprint density at radius 1 is 1.14 bits per heavy atom. The fourth-order valence-electron chi connectivity index (χ4n) is 2.01. The van der Waals surface area contributed by atoms with Crippen molar-refractivity contribution in [2.75, 3.05) is 0 Å². The molecule has 0 saturated heterocycles. The van der Waals surface area contributed by atoms with Gasteiger partial charge in [0.15, 0.2) is 0 Å². The van der Waals surface area contributed by atoms with Crippen molar-refractivity contribution in [1.29, 1.82) is 0 Å². The van der Waals surface area contributed by atoms with Crippen LogP contribution in [-0.2, 0) is 16.6 Å². The first-order chi connectivity index (χ1) is 9.94. The summed E-state index contributed by atoms with van der Waals surface area (Å²) in [5.74, 6) is 0. The summed E-state index contributed by atoms with van der Waals surface area (Å²) in [6.07, 6.45) is 0. The molecule has 1 unspecified atom stereocenters. The lowest BCUT2D eigenvalue weighted by atomic mass is 10.1. The normalized spacial score (nSPS) is 13.1. The van der Waals surface area contributed by atoms with Gasteiger partial charge >= 0.3 is 0 Å². The third kappa shape index (κ3) is 3.83. The zero-order chi connectivity index (χ0) is 15.5. The van der Waals surface area contributed by atoms with Crippen molar-refractivity contribution in [3.05, 3.63) is 64.7 Å². The summed E-state index contributed by atoms with van der Waals surface area (Å²) >= 11 is 5.82. The number of sulfonamides is 1. The first-order valence-electron chi connectivity index (χ1n) is 6.40. The van der Waals surface area contributed by atoms with Crippen molar-refractivity contribution in [3.8, 4) is 0 Å². The molecule has 6 heteroatoms. The number of halogens is 1. The molecule has 0 aromatic heterocycles. The van der Waals surface area contributed by atoms with Crippen molar-refractivity contribution in [2.24, 2.45) is 0 Å². The molecule has 112 valence electrons. The minimum Gasteiger partial charge on any atom is -0.392 e. The van der Waals surface area contributed by atoms with Crippen LogP contribution < -0.4 is 4.72 Å². The number of benzene rings is 2. The average molecular weight is 326 g/mol. The SMILES string of the molecule is CC(NS(=O)(=O)c1ccccc1CO)c1ccc(Cl)cc1.